The zero-order valence-corrected chi connectivity index (χ0v) is 19.6. The summed E-state index contributed by atoms with van der Waals surface area (Å²) in [6, 6.07) is 5.49. The Balaban J connectivity index is 2.61. The summed E-state index contributed by atoms with van der Waals surface area (Å²) in [5.41, 5.74) is 1.80. The molecule has 0 aliphatic heterocycles. The molecule has 2 aromatic rings. The van der Waals surface area contributed by atoms with Gasteiger partial charge in [-0.1, -0.05) is 26.0 Å². The van der Waals surface area contributed by atoms with E-state index in [9.17, 15) is 27.8 Å². The maximum Gasteiger partial charge on any atom is 0.305 e. The molecule has 0 radical (unpaired) electrons. The smallest absolute Gasteiger partial charge is 0.305 e. The van der Waals surface area contributed by atoms with Crippen LogP contribution in [-0.2, 0) is 14.8 Å². The van der Waals surface area contributed by atoms with E-state index in [0.29, 0.717) is 22.5 Å². The highest BCUT2D eigenvalue weighted by atomic mass is 32.2. The van der Waals surface area contributed by atoms with Gasteiger partial charge >= 0.3 is 5.97 Å². The summed E-state index contributed by atoms with van der Waals surface area (Å²) in [6.07, 6.45) is 0.860. The van der Waals surface area contributed by atoms with Gasteiger partial charge in [-0.15, -0.1) is 0 Å². The zero-order valence-electron chi connectivity index (χ0n) is 18.8. The van der Waals surface area contributed by atoms with Crippen molar-refractivity contribution in [3.63, 3.8) is 0 Å². The number of benzene rings is 1. The molecule has 9 nitrogen and oxygen atoms in total. The van der Waals surface area contributed by atoms with E-state index in [1.807, 2.05) is 13.8 Å². The van der Waals surface area contributed by atoms with E-state index < -0.39 is 40.4 Å². The molecule has 1 heterocycles. The van der Waals surface area contributed by atoms with E-state index in [2.05, 4.69) is 9.97 Å². The van der Waals surface area contributed by atoms with Gasteiger partial charge in [-0.05, 0) is 30.2 Å². The summed E-state index contributed by atoms with van der Waals surface area (Å²) in [7, 11) is -2.33. The van der Waals surface area contributed by atoms with Crippen molar-refractivity contribution in [3.05, 3.63) is 47.4 Å². The fourth-order valence-corrected chi connectivity index (χ4v) is 3.42. The second-order valence-corrected chi connectivity index (χ2v) is 9.99. The molecule has 1 aromatic heterocycles. The number of anilines is 1. The van der Waals surface area contributed by atoms with Gasteiger partial charge < -0.3 is 15.3 Å². The third kappa shape index (κ3) is 7.31. The molecule has 0 bridgehead atoms. The fourth-order valence-electron chi connectivity index (χ4n) is 3.05. The van der Waals surface area contributed by atoms with Crippen molar-refractivity contribution in [1.29, 1.82) is 0 Å². The van der Waals surface area contributed by atoms with Crippen molar-refractivity contribution in [3.8, 4) is 11.3 Å². The molecule has 33 heavy (non-hydrogen) atoms. The number of aliphatic hydroxyl groups is 2. The summed E-state index contributed by atoms with van der Waals surface area (Å²) in [5.74, 6) is -1.87. The number of nitrogens with zero attached hydrogens (tertiary/aromatic N) is 3. The minimum atomic E-state index is -3.65. The van der Waals surface area contributed by atoms with Crippen LogP contribution >= 0.6 is 0 Å². The number of carbonyl (C=O) groups is 1. The molecule has 11 heteroatoms. The Bertz CT molecular complexity index is 1120. The third-order valence-corrected chi connectivity index (χ3v) is 5.97. The van der Waals surface area contributed by atoms with Crippen LogP contribution in [0.2, 0.25) is 0 Å². The lowest BCUT2D eigenvalue weighted by molar-refractivity contribution is -0.139. The van der Waals surface area contributed by atoms with Crippen LogP contribution in [0.5, 0.6) is 0 Å². The van der Waals surface area contributed by atoms with Crippen LogP contribution < -0.4 is 4.31 Å². The van der Waals surface area contributed by atoms with Crippen molar-refractivity contribution in [1.82, 2.24) is 9.97 Å². The highest BCUT2D eigenvalue weighted by molar-refractivity contribution is 7.92. The molecule has 180 valence electrons. The van der Waals surface area contributed by atoms with Crippen molar-refractivity contribution < 1.29 is 32.9 Å². The Hall–Kier alpha value is -2.89. The molecule has 0 amide bonds. The second-order valence-electron chi connectivity index (χ2n) is 7.98. The van der Waals surface area contributed by atoms with Crippen LogP contribution in [0, 0.1) is 5.82 Å². The Labute approximate surface area is 192 Å². The Morgan fingerprint density at radius 1 is 1.18 bits per heavy atom. The minimum Gasteiger partial charge on any atom is -0.481 e. The Morgan fingerprint density at radius 2 is 1.79 bits per heavy atom. The van der Waals surface area contributed by atoms with E-state index >= 15 is 0 Å². The minimum absolute atomic E-state index is 0.0601. The summed E-state index contributed by atoms with van der Waals surface area (Å²) in [4.78, 5) is 19.6. The Morgan fingerprint density at radius 3 is 2.30 bits per heavy atom. The quantitative estimate of drug-likeness (QED) is 0.470. The number of carboxylic acid groups (broad SMARTS) is 1. The molecular formula is C22H28FN3O6S. The van der Waals surface area contributed by atoms with E-state index in [1.165, 1.54) is 43.5 Å². The molecule has 0 aliphatic rings. The van der Waals surface area contributed by atoms with Crippen LogP contribution in [0.4, 0.5) is 10.3 Å². The number of aliphatic hydroxyl groups excluding tert-OH is 2. The first kappa shape index (κ1) is 26.4. The zero-order chi connectivity index (χ0) is 24.9. The van der Waals surface area contributed by atoms with Crippen LogP contribution in [-0.4, -0.2) is 65.2 Å². The number of sulfonamides is 1. The molecule has 3 N–H and O–H groups in total. The lowest BCUT2D eigenvalue weighted by Crippen LogP contribution is -2.27. The van der Waals surface area contributed by atoms with Gasteiger partial charge in [0.05, 0.1) is 36.3 Å². The Kier molecular flexibility index (Phi) is 8.64. The highest BCUT2D eigenvalue weighted by Crippen LogP contribution is 2.31. The predicted molar refractivity (Wildman–Crippen MR) is 123 cm³/mol. The standard InChI is InChI=1S/C22H28FN3O6S/c1-13(2)20-18(10-9-16(27)11-17(28)12-19(29)30)21(14-5-7-15(23)8-6-14)25-22(24-20)26(3)33(4,31)32/h5-10,13,16-17,27-28H,11-12H2,1-4H3,(H,29,30)/b10-9-/t16-,17-/m0/s1. The molecule has 0 unspecified atom stereocenters. The molecule has 2 atom stereocenters. The van der Waals surface area contributed by atoms with Gasteiger partial charge in [-0.2, -0.15) is 0 Å². The van der Waals surface area contributed by atoms with Crippen LogP contribution in [0.15, 0.2) is 30.3 Å². The highest BCUT2D eigenvalue weighted by Gasteiger charge is 2.22. The molecule has 2 rings (SSSR count). The maximum atomic E-state index is 13.5. The molecule has 0 saturated carbocycles. The number of rotatable bonds is 10. The van der Waals surface area contributed by atoms with E-state index in [-0.39, 0.29) is 18.3 Å². The number of hydrogen-bond acceptors (Lipinski definition) is 7. The number of hydrogen-bond donors (Lipinski definition) is 3. The van der Waals surface area contributed by atoms with Gasteiger partial charge in [0.1, 0.15) is 5.82 Å². The molecular weight excluding hydrogens is 453 g/mol. The van der Waals surface area contributed by atoms with Gasteiger partial charge in [0.15, 0.2) is 0 Å². The van der Waals surface area contributed by atoms with Crippen LogP contribution in [0.25, 0.3) is 17.3 Å². The number of aromatic nitrogens is 2. The number of aliphatic carboxylic acids is 1. The summed E-state index contributed by atoms with van der Waals surface area (Å²) in [6.45, 7) is 3.71. The summed E-state index contributed by atoms with van der Waals surface area (Å²) in [5, 5.41) is 28.8. The first-order valence-electron chi connectivity index (χ1n) is 10.2. The van der Waals surface area contributed by atoms with Crippen LogP contribution in [0.1, 0.15) is 43.9 Å². The number of halogens is 1. The maximum absolute atomic E-state index is 13.5. The molecule has 0 saturated heterocycles. The van der Waals surface area contributed by atoms with Gasteiger partial charge in [0, 0.05) is 24.6 Å². The van der Waals surface area contributed by atoms with Crippen LogP contribution in [0.3, 0.4) is 0 Å². The summed E-state index contributed by atoms with van der Waals surface area (Å²) >= 11 is 0. The first-order valence-corrected chi connectivity index (χ1v) is 12.0. The monoisotopic (exact) mass is 481 g/mol. The predicted octanol–water partition coefficient (Wildman–Crippen LogP) is 2.40. The normalized spacial score (nSPS) is 13.9. The average molecular weight is 482 g/mol. The van der Waals surface area contributed by atoms with E-state index in [1.54, 1.807) is 0 Å². The molecule has 0 aliphatic carbocycles. The van der Waals surface area contributed by atoms with Crippen molar-refractivity contribution in [2.24, 2.45) is 0 Å². The second kappa shape index (κ2) is 10.8. The SMILES string of the molecule is CC(C)c1nc(N(C)S(C)(=O)=O)nc(-c2ccc(F)cc2)c1/C=C\[C@H](O)C[C@H](O)CC(=O)O. The molecule has 0 fully saturated rings. The average Bonchev–Trinajstić information content (AvgIpc) is 2.70. The van der Waals surface area contributed by atoms with Gasteiger partial charge in [0.25, 0.3) is 0 Å². The van der Waals surface area contributed by atoms with Crippen molar-refractivity contribution in [2.75, 3.05) is 17.6 Å². The lowest BCUT2D eigenvalue weighted by Gasteiger charge is -2.20. The van der Waals surface area contributed by atoms with Crippen molar-refractivity contribution in [2.45, 2.75) is 44.8 Å². The first-order chi connectivity index (χ1) is 15.3. The van der Waals surface area contributed by atoms with Crippen molar-refractivity contribution >= 4 is 28.0 Å². The van der Waals surface area contributed by atoms with Gasteiger partial charge in [-0.25, -0.2) is 27.1 Å². The van der Waals surface area contributed by atoms with E-state index in [0.717, 1.165) is 10.6 Å². The van der Waals surface area contributed by atoms with Gasteiger partial charge in [0.2, 0.25) is 16.0 Å². The summed E-state index contributed by atoms with van der Waals surface area (Å²) < 4.78 is 38.6. The lowest BCUT2D eigenvalue weighted by atomic mass is 9.97. The molecule has 0 spiro atoms. The topological polar surface area (TPSA) is 141 Å². The number of carboxylic acids is 1. The fraction of sp³-hybridized carbons (Fsp3) is 0.409. The third-order valence-electron chi connectivity index (χ3n) is 4.82. The van der Waals surface area contributed by atoms with E-state index in [4.69, 9.17) is 5.11 Å². The largest absolute Gasteiger partial charge is 0.481 e. The van der Waals surface area contributed by atoms with Gasteiger partial charge in [-0.3, -0.25) is 4.79 Å². The molecule has 1 aromatic carbocycles.